The van der Waals surface area contributed by atoms with E-state index in [2.05, 4.69) is 20.1 Å². The fraction of sp³-hybridized carbons (Fsp3) is 0.346. The summed E-state index contributed by atoms with van der Waals surface area (Å²) in [5.74, 6) is 1.08. The van der Waals surface area contributed by atoms with Crippen molar-refractivity contribution in [3.05, 3.63) is 77.8 Å². The minimum Gasteiger partial charge on any atom is -0.465 e. The molecule has 2 aliphatic rings. The lowest BCUT2D eigenvalue weighted by molar-refractivity contribution is 0.0347. The van der Waals surface area contributed by atoms with Gasteiger partial charge in [-0.05, 0) is 48.6 Å². The van der Waals surface area contributed by atoms with Gasteiger partial charge >= 0.3 is 5.97 Å². The number of carbonyl (C=O) groups excluding carboxylic acids is 1. The number of thiocarbonyl (C=S) groups is 1. The SMILES string of the molecule is COC(=O)c1cccc(-c2ccc(C3C(c4ccccn4)NC(=S)N3CCN3CCOCC3)o2)c1. The maximum atomic E-state index is 12.0. The van der Waals surface area contributed by atoms with E-state index in [1.54, 1.807) is 18.3 Å². The van der Waals surface area contributed by atoms with Crippen LogP contribution in [0.3, 0.4) is 0 Å². The summed E-state index contributed by atoms with van der Waals surface area (Å²) in [7, 11) is 1.37. The number of methoxy groups -OCH3 is 1. The first kappa shape index (κ1) is 23.5. The van der Waals surface area contributed by atoms with Crippen LogP contribution in [0.5, 0.6) is 0 Å². The zero-order chi connectivity index (χ0) is 24.2. The van der Waals surface area contributed by atoms with Crippen molar-refractivity contribution in [3.8, 4) is 11.3 Å². The molecule has 2 aromatic heterocycles. The monoisotopic (exact) mass is 492 g/mol. The number of carbonyl (C=O) groups is 1. The van der Waals surface area contributed by atoms with Crippen molar-refractivity contribution in [2.45, 2.75) is 12.1 Å². The van der Waals surface area contributed by atoms with Crippen LogP contribution < -0.4 is 5.32 Å². The fourth-order valence-corrected chi connectivity index (χ4v) is 4.95. The maximum Gasteiger partial charge on any atom is 0.337 e. The van der Waals surface area contributed by atoms with Crippen LogP contribution in [-0.2, 0) is 9.47 Å². The molecule has 9 heteroatoms. The molecular weight excluding hydrogens is 464 g/mol. The summed E-state index contributed by atoms with van der Waals surface area (Å²) in [4.78, 5) is 21.2. The van der Waals surface area contributed by atoms with Crippen molar-refractivity contribution in [1.29, 1.82) is 0 Å². The van der Waals surface area contributed by atoms with E-state index in [4.69, 9.17) is 26.1 Å². The molecule has 182 valence electrons. The highest BCUT2D eigenvalue weighted by molar-refractivity contribution is 7.80. The van der Waals surface area contributed by atoms with Gasteiger partial charge in [-0.25, -0.2) is 4.79 Å². The lowest BCUT2D eigenvalue weighted by Gasteiger charge is -2.31. The average Bonchev–Trinajstić information content (AvgIpc) is 3.52. The Balaban J connectivity index is 1.44. The molecule has 2 aliphatic heterocycles. The summed E-state index contributed by atoms with van der Waals surface area (Å²) in [6.07, 6.45) is 1.79. The molecule has 2 unspecified atom stereocenters. The molecule has 2 saturated heterocycles. The van der Waals surface area contributed by atoms with Crippen LogP contribution in [0.25, 0.3) is 11.3 Å². The summed E-state index contributed by atoms with van der Waals surface area (Å²) in [5.41, 5.74) is 2.19. The van der Waals surface area contributed by atoms with E-state index in [0.29, 0.717) is 16.4 Å². The van der Waals surface area contributed by atoms with Gasteiger partial charge in [0.1, 0.15) is 17.6 Å². The summed E-state index contributed by atoms with van der Waals surface area (Å²) in [5, 5.41) is 4.15. The molecule has 4 heterocycles. The van der Waals surface area contributed by atoms with Gasteiger partial charge in [0.25, 0.3) is 0 Å². The number of benzene rings is 1. The Bertz CT molecular complexity index is 1180. The highest BCUT2D eigenvalue weighted by Crippen LogP contribution is 2.40. The number of furan rings is 1. The standard InChI is InChI=1S/C26H28N4O4S/c1-32-25(31)19-6-4-5-18(17-19)21-8-9-22(34-21)24-23(20-7-2-3-10-27-20)28-26(35)30(24)12-11-29-13-15-33-16-14-29/h2-10,17,23-24H,11-16H2,1H3,(H,28,35). The minimum absolute atomic E-state index is 0.145. The van der Waals surface area contributed by atoms with E-state index in [9.17, 15) is 4.79 Å². The van der Waals surface area contributed by atoms with E-state index >= 15 is 0 Å². The molecule has 0 amide bonds. The predicted molar refractivity (Wildman–Crippen MR) is 135 cm³/mol. The fourth-order valence-electron chi connectivity index (χ4n) is 4.61. The van der Waals surface area contributed by atoms with Crippen LogP contribution in [0.15, 0.2) is 65.2 Å². The first-order valence-corrected chi connectivity index (χ1v) is 12.1. The zero-order valence-electron chi connectivity index (χ0n) is 19.6. The van der Waals surface area contributed by atoms with Crippen LogP contribution in [-0.4, -0.2) is 72.4 Å². The topological polar surface area (TPSA) is 80.1 Å². The number of ether oxygens (including phenoxy) is 2. The van der Waals surface area contributed by atoms with Crippen LogP contribution in [0.2, 0.25) is 0 Å². The Kier molecular flexibility index (Phi) is 7.08. The number of pyridine rings is 1. The number of hydrogen-bond acceptors (Lipinski definition) is 7. The molecular formula is C26H28N4O4S. The molecule has 0 spiro atoms. The Morgan fingerprint density at radius 3 is 2.77 bits per heavy atom. The molecule has 2 atom stereocenters. The first-order valence-electron chi connectivity index (χ1n) is 11.7. The third kappa shape index (κ3) is 5.07. The Morgan fingerprint density at radius 2 is 2.00 bits per heavy atom. The van der Waals surface area contributed by atoms with E-state index in [1.807, 2.05) is 42.5 Å². The van der Waals surface area contributed by atoms with E-state index in [-0.39, 0.29) is 18.1 Å². The number of aromatic nitrogens is 1. The lowest BCUT2D eigenvalue weighted by atomic mass is 10.0. The molecule has 35 heavy (non-hydrogen) atoms. The molecule has 0 aliphatic carbocycles. The second-order valence-corrected chi connectivity index (χ2v) is 8.94. The number of esters is 1. The largest absolute Gasteiger partial charge is 0.465 e. The van der Waals surface area contributed by atoms with Crippen molar-refractivity contribution in [1.82, 2.24) is 20.1 Å². The van der Waals surface area contributed by atoms with Crippen LogP contribution >= 0.6 is 12.2 Å². The molecule has 8 nitrogen and oxygen atoms in total. The summed E-state index contributed by atoms with van der Waals surface area (Å²) in [6.45, 7) is 5.00. The van der Waals surface area contributed by atoms with E-state index < -0.39 is 0 Å². The smallest absolute Gasteiger partial charge is 0.337 e. The van der Waals surface area contributed by atoms with Crippen molar-refractivity contribution < 1.29 is 18.7 Å². The van der Waals surface area contributed by atoms with Gasteiger partial charge in [0.05, 0.1) is 37.6 Å². The number of morpholine rings is 1. The van der Waals surface area contributed by atoms with Gasteiger partial charge in [0, 0.05) is 37.9 Å². The van der Waals surface area contributed by atoms with Gasteiger partial charge in [-0.1, -0.05) is 18.2 Å². The van der Waals surface area contributed by atoms with Crippen molar-refractivity contribution in [2.24, 2.45) is 0 Å². The quantitative estimate of drug-likeness (QED) is 0.394. The van der Waals surface area contributed by atoms with Crippen molar-refractivity contribution in [3.63, 3.8) is 0 Å². The summed E-state index contributed by atoms with van der Waals surface area (Å²) in [6, 6.07) is 16.7. The molecule has 3 aromatic rings. The first-order chi connectivity index (χ1) is 17.1. The van der Waals surface area contributed by atoms with Crippen molar-refractivity contribution in [2.75, 3.05) is 46.5 Å². The molecule has 1 N–H and O–H groups in total. The highest BCUT2D eigenvalue weighted by Gasteiger charge is 2.41. The number of nitrogens with zero attached hydrogens (tertiary/aromatic N) is 3. The molecule has 1 aromatic carbocycles. The zero-order valence-corrected chi connectivity index (χ0v) is 20.4. The van der Waals surface area contributed by atoms with E-state index in [1.165, 1.54) is 7.11 Å². The second-order valence-electron chi connectivity index (χ2n) is 8.55. The van der Waals surface area contributed by atoms with Crippen molar-refractivity contribution >= 4 is 23.3 Å². The maximum absolute atomic E-state index is 12.0. The third-order valence-corrected chi connectivity index (χ3v) is 6.80. The van der Waals surface area contributed by atoms with Gasteiger partial charge in [0.15, 0.2) is 5.11 Å². The van der Waals surface area contributed by atoms with Gasteiger partial charge < -0.3 is 24.1 Å². The lowest BCUT2D eigenvalue weighted by Crippen LogP contribution is -2.42. The average molecular weight is 493 g/mol. The van der Waals surface area contributed by atoms with Crippen LogP contribution in [0.4, 0.5) is 0 Å². The Hall–Kier alpha value is -3.27. The molecule has 0 radical (unpaired) electrons. The Morgan fingerprint density at radius 1 is 1.14 bits per heavy atom. The van der Waals surface area contributed by atoms with Gasteiger partial charge in [0.2, 0.25) is 0 Å². The molecule has 0 saturated carbocycles. The van der Waals surface area contributed by atoms with Gasteiger partial charge in [-0.3, -0.25) is 9.88 Å². The van der Waals surface area contributed by atoms with E-state index in [0.717, 1.165) is 56.4 Å². The summed E-state index contributed by atoms with van der Waals surface area (Å²) < 4.78 is 16.7. The Labute approximate surface area is 209 Å². The van der Waals surface area contributed by atoms with Gasteiger partial charge in [-0.2, -0.15) is 0 Å². The summed E-state index contributed by atoms with van der Waals surface area (Å²) >= 11 is 5.77. The number of rotatable bonds is 7. The predicted octanol–water partition coefficient (Wildman–Crippen LogP) is 3.43. The second kappa shape index (κ2) is 10.6. The van der Waals surface area contributed by atoms with Crippen LogP contribution in [0, 0.1) is 0 Å². The van der Waals surface area contributed by atoms with Gasteiger partial charge in [-0.15, -0.1) is 0 Å². The van der Waals surface area contributed by atoms with Crippen LogP contribution in [0.1, 0.15) is 33.9 Å². The normalized spacial score (nSPS) is 20.6. The minimum atomic E-state index is -0.381. The molecule has 5 rings (SSSR count). The highest BCUT2D eigenvalue weighted by atomic mass is 32.1. The molecule has 2 fully saturated rings. The third-order valence-electron chi connectivity index (χ3n) is 6.45. The molecule has 0 bridgehead atoms. The number of nitrogens with one attached hydrogen (secondary N) is 1. The number of hydrogen-bond donors (Lipinski definition) is 1.